The first kappa shape index (κ1) is 8.89. The van der Waals surface area contributed by atoms with Gasteiger partial charge in [0.05, 0.1) is 0 Å². The predicted molar refractivity (Wildman–Crippen MR) is 53.4 cm³/mol. The van der Waals surface area contributed by atoms with Gasteiger partial charge in [-0.25, -0.2) is 0 Å². The molecule has 12 heavy (non-hydrogen) atoms. The van der Waals surface area contributed by atoms with Crippen LogP contribution in [0.3, 0.4) is 0 Å². The molecule has 2 heteroatoms. The summed E-state index contributed by atoms with van der Waals surface area (Å²) in [6.07, 6.45) is 6.68. The van der Waals surface area contributed by atoms with Crippen LogP contribution in [0, 0.1) is 11.3 Å². The van der Waals surface area contributed by atoms with Crippen LogP contribution in [0.15, 0.2) is 0 Å². The number of rotatable bonds is 3. The highest BCUT2D eigenvalue weighted by molar-refractivity contribution is 7.99. The number of hydrogen-bond acceptors (Lipinski definition) is 2. The molecule has 1 saturated heterocycles. The number of thioether (sulfide) groups is 1. The molecular weight excluding hydrogens is 168 g/mol. The quantitative estimate of drug-likeness (QED) is 0.730. The van der Waals surface area contributed by atoms with Crippen molar-refractivity contribution in [3.05, 3.63) is 0 Å². The Hall–Kier alpha value is 0.310. The first-order valence-corrected chi connectivity index (χ1v) is 6.21. The molecule has 1 aliphatic heterocycles. The molecule has 0 aromatic carbocycles. The number of hydrogen-bond donors (Lipinski definition) is 1. The summed E-state index contributed by atoms with van der Waals surface area (Å²) in [5, 5.41) is 8.73. The molecule has 1 unspecified atom stereocenters. The van der Waals surface area contributed by atoms with E-state index in [9.17, 15) is 0 Å². The highest BCUT2D eigenvalue weighted by Gasteiger charge is 2.52. The van der Waals surface area contributed by atoms with Crippen LogP contribution in [-0.2, 0) is 0 Å². The lowest BCUT2D eigenvalue weighted by Crippen LogP contribution is -2.12. The van der Waals surface area contributed by atoms with E-state index >= 15 is 0 Å². The van der Waals surface area contributed by atoms with Crippen molar-refractivity contribution in [2.75, 3.05) is 18.1 Å². The van der Waals surface area contributed by atoms with Gasteiger partial charge >= 0.3 is 0 Å². The lowest BCUT2D eigenvalue weighted by Gasteiger charge is -2.22. The molecule has 1 aliphatic carbocycles. The molecule has 2 aliphatic rings. The average Bonchev–Trinajstić information content (AvgIpc) is 2.77. The summed E-state index contributed by atoms with van der Waals surface area (Å²) in [7, 11) is 0. The van der Waals surface area contributed by atoms with Crippen molar-refractivity contribution in [2.45, 2.75) is 32.1 Å². The third kappa shape index (κ3) is 1.64. The summed E-state index contributed by atoms with van der Waals surface area (Å²) in [6, 6.07) is 0. The Morgan fingerprint density at radius 1 is 1.33 bits per heavy atom. The van der Waals surface area contributed by atoms with Gasteiger partial charge in [-0.1, -0.05) is 0 Å². The highest BCUT2D eigenvalue weighted by atomic mass is 32.2. The van der Waals surface area contributed by atoms with Crippen LogP contribution in [-0.4, -0.2) is 23.2 Å². The van der Waals surface area contributed by atoms with Crippen LogP contribution in [0.4, 0.5) is 0 Å². The van der Waals surface area contributed by atoms with E-state index in [1.807, 2.05) is 0 Å². The van der Waals surface area contributed by atoms with Gasteiger partial charge in [0.1, 0.15) is 0 Å². The fourth-order valence-electron chi connectivity index (χ4n) is 2.57. The van der Waals surface area contributed by atoms with Crippen molar-refractivity contribution in [3.8, 4) is 0 Å². The highest BCUT2D eigenvalue weighted by Crippen LogP contribution is 2.62. The first-order valence-electron chi connectivity index (χ1n) is 5.06. The Morgan fingerprint density at radius 2 is 2.08 bits per heavy atom. The van der Waals surface area contributed by atoms with E-state index in [-0.39, 0.29) is 0 Å². The smallest absolute Gasteiger partial charge is 0.0431 e. The van der Waals surface area contributed by atoms with E-state index in [0.717, 1.165) is 17.8 Å². The zero-order chi connectivity index (χ0) is 8.44. The number of aliphatic hydroxyl groups is 1. The molecule has 0 aromatic rings. The van der Waals surface area contributed by atoms with E-state index < -0.39 is 0 Å². The third-order valence-corrected chi connectivity index (χ3v) is 4.54. The maximum absolute atomic E-state index is 8.73. The third-order valence-electron chi connectivity index (χ3n) is 3.56. The molecule has 1 atom stereocenters. The maximum atomic E-state index is 8.73. The lowest BCUT2D eigenvalue weighted by molar-refractivity contribution is 0.274. The van der Waals surface area contributed by atoms with Gasteiger partial charge < -0.3 is 5.11 Å². The van der Waals surface area contributed by atoms with Crippen molar-refractivity contribution in [1.82, 2.24) is 0 Å². The summed E-state index contributed by atoms with van der Waals surface area (Å²) < 4.78 is 0. The molecular formula is C10H18OS. The Kier molecular flexibility index (Phi) is 2.66. The molecule has 1 N–H and O–H groups in total. The number of aliphatic hydroxyl groups excluding tert-OH is 1. The molecule has 0 amide bonds. The van der Waals surface area contributed by atoms with Gasteiger partial charge in [0.15, 0.2) is 0 Å². The summed E-state index contributed by atoms with van der Waals surface area (Å²) in [6.45, 7) is 0.390. The summed E-state index contributed by atoms with van der Waals surface area (Å²) in [4.78, 5) is 0. The second-order valence-electron chi connectivity index (χ2n) is 4.24. The minimum Gasteiger partial charge on any atom is -0.396 e. The summed E-state index contributed by atoms with van der Waals surface area (Å²) >= 11 is 2.11. The van der Waals surface area contributed by atoms with Crippen molar-refractivity contribution < 1.29 is 5.11 Å². The second-order valence-corrected chi connectivity index (χ2v) is 5.47. The SMILES string of the molecule is OCCCC1CC12CCSCC2. The maximum Gasteiger partial charge on any atom is 0.0431 e. The van der Waals surface area contributed by atoms with Gasteiger partial charge in [-0.3, -0.25) is 0 Å². The van der Waals surface area contributed by atoms with Crippen molar-refractivity contribution in [1.29, 1.82) is 0 Å². The van der Waals surface area contributed by atoms with Crippen LogP contribution >= 0.6 is 11.8 Å². The Bertz CT molecular complexity index is 150. The van der Waals surface area contributed by atoms with Gasteiger partial charge in [0.25, 0.3) is 0 Å². The zero-order valence-electron chi connectivity index (χ0n) is 7.59. The van der Waals surface area contributed by atoms with Crippen LogP contribution in [0.1, 0.15) is 32.1 Å². The van der Waals surface area contributed by atoms with Crippen molar-refractivity contribution in [2.24, 2.45) is 11.3 Å². The van der Waals surface area contributed by atoms with E-state index in [4.69, 9.17) is 5.11 Å². The fourth-order valence-corrected chi connectivity index (χ4v) is 3.87. The van der Waals surface area contributed by atoms with Gasteiger partial charge in [-0.15, -0.1) is 0 Å². The largest absolute Gasteiger partial charge is 0.396 e. The summed E-state index contributed by atoms with van der Waals surface area (Å²) in [5.41, 5.74) is 0.764. The normalized spacial score (nSPS) is 32.2. The van der Waals surface area contributed by atoms with E-state index in [1.165, 1.54) is 37.2 Å². The van der Waals surface area contributed by atoms with Crippen molar-refractivity contribution in [3.63, 3.8) is 0 Å². The first-order chi connectivity index (χ1) is 5.87. The van der Waals surface area contributed by atoms with E-state index in [0.29, 0.717) is 6.61 Å². The van der Waals surface area contributed by atoms with Crippen LogP contribution in [0.25, 0.3) is 0 Å². The predicted octanol–water partition coefficient (Wildman–Crippen LogP) is 2.29. The second kappa shape index (κ2) is 3.59. The molecule has 1 nitrogen and oxygen atoms in total. The topological polar surface area (TPSA) is 20.2 Å². The molecule has 1 saturated carbocycles. The molecule has 70 valence electrons. The lowest BCUT2D eigenvalue weighted by atomic mass is 9.94. The fraction of sp³-hybridized carbons (Fsp3) is 1.00. The molecule has 0 radical (unpaired) electrons. The van der Waals surface area contributed by atoms with Crippen LogP contribution < -0.4 is 0 Å². The van der Waals surface area contributed by atoms with Crippen LogP contribution in [0.2, 0.25) is 0 Å². The monoisotopic (exact) mass is 186 g/mol. The Balaban J connectivity index is 1.75. The average molecular weight is 186 g/mol. The molecule has 0 aromatic heterocycles. The zero-order valence-corrected chi connectivity index (χ0v) is 8.41. The minimum atomic E-state index is 0.390. The molecule has 2 rings (SSSR count). The molecule has 2 fully saturated rings. The van der Waals surface area contributed by atoms with Gasteiger partial charge in [0.2, 0.25) is 0 Å². The van der Waals surface area contributed by atoms with Gasteiger partial charge in [0, 0.05) is 6.61 Å². The molecule has 0 bridgehead atoms. The molecule has 1 spiro atoms. The van der Waals surface area contributed by atoms with E-state index in [2.05, 4.69) is 11.8 Å². The Morgan fingerprint density at radius 3 is 2.75 bits per heavy atom. The molecule has 1 heterocycles. The standard InChI is InChI=1S/C10H18OS/c11-5-1-2-9-8-10(9)3-6-12-7-4-10/h9,11H,1-8H2. The summed E-state index contributed by atoms with van der Waals surface area (Å²) in [5.74, 6) is 3.75. The van der Waals surface area contributed by atoms with Gasteiger partial charge in [-0.2, -0.15) is 11.8 Å². The Labute approximate surface area is 78.9 Å². The van der Waals surface area contributed by atoms with E-state index in [1.54, 1.807) is 0 Å². The van der Waals surface area contributed by atoms with Gasteiger partial charge in [-0.05, 0) is 54.9 Å². The van der Waals surface area contributed by atoms with Crippen LogP contribution in [0.5, 0.6) is 0 Å². The van der Waals surface area contributed by atoms with Crippen molar-refractivity contribution >= 4 is 11.8 Å². The minimum absolute atomic E-state index is 0.390.